The zero-order chi connectivity index (χ0) is 28.1. The highest BCUT2D eigenvalue weighted by molar-refractivity contribution is 6.05. The van der Waals surface area contributed by atoms with Gasteiger partial charge in [-0.2, -0.15) is 0 Å². The Bertz CT molecular complexity index is 1480. The highest BCUT2D eigenvalue weighted by Gasteiger charge is 2.59. The van der Waals surface area contributed by atoms with Crippen molar-refractivity contribution in [2.45, 2.75) is 115 Å². The molecule has 0 saturated heterocycles. The normalized spacial score (nSPS) is 45.7. The first-order chi connectivity index (χ1) is 21.3. The van der Waals surface area contributed by atoms with Crippen LogP contribution in [-0.2, 0) is 0 Å². The van der Waals surface area contributed by atoms with Crippen LogP contribution >= 0.6 is 0 Å². The summed E-state index contributed by atoms with van der Waals surface area (Å²) < 4.78 is 6.22. The van der Waals surface area contributed by atoms with Crippen LogP contribution in [0.25, 0.3) is 21.9 Å². The molecule has 0 aliphatic heterocycles. The second-order valence-electron chi connectivity index (χ2n) is 17.2. The molecular formula is C42H54O. The third kappa shape index (κ3) is 4.07. The van der Waals surface area contributed by atoms with Crippen molar-refractivity contribution < 1.29 is 4.42 Å². The first kappa shape index (κ1) is 26.5. The standard InChI is InChI=1S/C42H54O/c1-3-11-29-27(9-1)28-10-2-4-12-30(28)37-24-39-33-19-17-25(21-35(33)31-13-5-6-14-32(31)38(39)23-36(29)37)26-18-20-42-40(22-26)34-15-7-8-16-41(34)43-42/h7-8,15-16,18,20,22,25,27-33,35-39H,1-6,9-14,17,19,21,23-24H2. The monoisotopic (exact) mass is 574 g/mol. The van der Waals surface area contributed by atoms with E-state index < -0.39 is 0 Å². The lowest BCUT2D eigenvalue weighted by Gasteiger charge is -2.65. The molecule has 43 heavy (non-hydrogen) atoms. The molecule has 7 aliphatic carbocycles. The molecule has 7 aliphatic rings. The largest absolute Gasteiger partial charge is 0.456 e. The van der Waals surface area contributed by atoms with Gasteiger partial charge in [-0.1, -0.05) is 62.8 Å². The van der Waals surface area contributed by atoms with E-state index in [-0.39, 0.29) is 0 Å². The van der Waals surface area contributed by atoms with Crippen LogP contribution in [0, 0.1) is 71.0 Å². The zero-order valence-corrected chi connectivity index (χ0v) is 26.5. The summed E-state index contributed by atoms with van der Waals surface area (Å²) in [4.78, 5) is 0. The lowest BCUT2D eigenvalue weighted by Crippen LogP contribution is -2.57. The molecule has 1 aromatic heterocycles. The lowest BCUT2D eigenvalue weighted by molar-refractivity contribution is -0.155. The van der Waals surface area contributed by atoms with Gasteiger partial charge in [0.05, 0.1) is 0 Å². The molecule has 7 saturated carbocycles. The van der Waals surface area contributed by atoms with E-state index in [4.69, 9.17) is 4.42 Å². The van der Waals surface area contributed by atoms with Crippen LogP contribution in [0.15, 0.2) is 46.9 Å². The van der Waals surface area contributed by atoms with Crippen molar-refractivity contribution in [1.82, 2.24) is 0 Å². The first-order valence-electron chi connectivity index (χ1n) is 19.2. The van der Waals surface area contributed by atoms with Gasteiger partial charge in [0, 0.05) is 10.8 Å². The van der Waals surface area contributed by atoms with Crippen molar-refractivity contribution in [1.29, 1.82) is 0 Å². The number of fused-ring (bicyclic) bond motifs is 15. The van der Waals surface area contributed by atoms with Crippen LogP contribution in [0.2, 0.25) is 0 Å². The minimum absolute atomic E-state index is 0.746. The predicted octanol–water partition coefficient (Wildman–Crippen LogP) is 11.8. The van der Waals surface area contributed by atoms with Crippen molar-refractivity contribution in [3.63, 3.8) is 0 Å². The second-order valence-corrected chi connectivity index (χ2v) is 17.2. The fourth-order valence-corrected chi connectivity index (χ4v) is 14.6. The molecule has 7 fully saturated rings. The fraction of sp³-hybridized carbons (Fsp3) is 0.714. The molecule has 0 spiro atoms. The SMILES string of the molecule is c1ccc2c(c1)oc1ccc(C3CCC4C(C3)C3CCCCC3C3CC5C6CCCCC6C6CCCCC6C5CC43)cc12. The minimum Gasteiger partial charge on any atom is -0.456 e. The summed E-state index contributed by atoms with van der Waals surface area (Å²) in [6.45, 7) is 0. The molecule has 13 atom stereocenters. The van der Waals surface area contributed by atoms with Crippen molar-refractivity contribution in [3.05, 3.63) is 48.0 Å². The maximum atomic E-state index is 6.22. The number of rotatable bonds is 1. The molecule has 0 amide bonds. The molecule has 0 bridgehead atoms. The van der Waals surface area contributed by atoms with Crippen molar-refractivity contribution in [3.8, 4) is 0 Å². The quantitative estimate of drug-likeness (QED) is 0.282. The van der Waals surface area contributed by atoms with E-state index in [2.05, 4.69) is 42.5 Å². The highest BCUT2D eigenvalue weighted by Crippen LogP contribution is 2.67. The smallest absolute Gasteiger partial charge is 0.135 e. The van der Waals surface area contributed by atoms with Gasteiger partial charge in [-0.25, -0.2) is 0 Å². The third-order valence-corrected chi connectivity index (χ3v) is 15.9. The molecule has 228 valence electrons. The van der Waals surface area contributed by atoms with E-state index >= 15 is 0 Å². The summed E-state index contributed by atoms with van der Waals surface area (Å²) in [6.07, 6.45) is 26.5. The van der Waals surface area contributed by atoms with Crippen LogP contribution in [0.4, 0.5) is 0 Å². The van der Waals surface area contributed by atoms with Crippen LogP contribution in [-0.4, -0.2) is 0 Å². The van der Waals surface area contributed by atoms with Gasteiger partial charge in [0.15, 0.2) is 0 Å². The van der Waals surface area contributed by atoms with Crippen molar-refractivity contribution >= 4 is 21.9 Å². The molecule has 1 heterocycles. The predicted molar refractivity (Wildman–Crippen MR) is 177 cm³/mol. The molecule has 13 unspecified atom stereocenters. The summed E-state index contributed by atoms with van der Waals surface area (Å²) >= 11 is 0. The van der Waals surface area contributed by atoms with Crippen LogP contribution in [0.3, 0.4) is 0 Å². The van der Waals surface area contributed by atoms with E-state index in [9.17, 15) is 0 Å². The summed E-state index contributed by atoms with van der Waals surface area (Å²) in [5.74, 6) is 13.7. The Labute approximate surface area is 259 Å². The zero-order valence-electron chi connectivity index (χ0n) is 26.5. The van der Waals surface area contributed by atoms with Crippen molar-refractivity contribution in [2.24, 2.45) is 71.0 Å². The lowest BCUT2D eigenvalue weighted by atomic mass is 9.40. The Morgan fingerprint density at radius 2 is 0.860 bits per heavy atom. The number of hydrogen-bond donors (Lipinski definition) is 0. The van der Waals surface area contributed by atoms with Gasteiger partial charge in [-0.3, -0.25) is 0 Å². The maximum absolute atomic E-state index is 6.22. The Kier molecular flexibility index (Phi) is 6.39. The van der Waals surface area contributed by atoms with E-state index in [1.807, 2.05) is 0 Å². The van der Waals surface area contributed by atoms with E-state index in [1.54, 1.807) is 82.6 Å². The minimum atomic E-state index is 0.746. The van der Waals surface area contributed by atoms with Gasteiger partial charge in [0.25, 0.3) is 0 Å². The molecule has 0 N–H and O–H groups in total. The van der Waals surface area contributed by atoms with Crippen LogP contribution in [0.1, 0.15) is 121 Å². The van der Waals surface area contributed by atoms with Gasteiger partial charge in [0.2, 0.25) is 0 Å². The fourth-order valence-electron chi connectivity index (χ4n) is 14.6. The molecule has 0 radical (unpaired) electrons. The first-order valence-corrected chi connectivity index (χ1v) is 19.2. The van der Waals surface area contributed by atoms with Gasteiger partial charge in [0.1, 0.15) is 11.2 Å². The molecule has 2 aromatic carbocycles. The van der Waals surface area contributed by atoms with Crippen molar-refractivity contribution in [2.75, 3.05) is 0 Å². The summed E-state index contributed by atoms with van der Waals surface area (Å²) in [6, 6.07) is 15.9. The topological polar surface area (TPSA) is 13.1 Å². The molecular weight excluding hydrogens is 520 g/mol. The van der Waals surface area contributed by atoms with Gasteiger partial charge in [-0.05, 0) is 171 Å². The van der Waals surface area contributed by atoms with Gasteiger partial charge in [-0.15, -0.1) is 0 Å². The Morgan fingerprint density at radius 3 is 1.44 bits per heavy atom. The van der Waals surface area contributed by atoms with E-state index in [1.165, 1.54) is 42.9 Å². The van der Waals surface area contributed by atoms with Gasteiger partial charge >= 0.3 is 0 Å². The van der Waals surface area contributed by atoms with E-state index in [0.717, 1.165) is 88.1 Å². The Morgan fingerprint density at radius 1 is 0.395 bits per heavy atom. The molecule has 1 heteroatoms. The molecule has 3 aromatic rings. The number of benzene rings is 2. The average molecular weight is 575 g/mol. The van der Waals surface area contributed by atoms with Gasteiger partial charge < -0.3 is 4.42 Å². The van der Waals surface area contributed by atoms with Crippen LogP contribution < -0.4 is 0 Å². The maximum Gasteiger partial charge on any atom is 0.135 e. The average Bonchev–Trinajstić information content (AvgIpc) is 3.46. The number of para-hydroxylation sites is 1. The molecule has 10 rings (SSSR count). The summed E-state index contributed by atoms with van der Waals surface area (Å²) in [7, 11) is 0. The van der Waals surface area contributed by atoms with Crippen LogP contribution in [0.5, 0.6) is 0 Å². The number of furan rings is 1. The Balaban J connectivity index is 0.970. The summed E-state index contributed by atoms with van der Waals surface area (Å²) in [5, 5.41) is 2.64. The second kappa shape index (κ2) is 10.4. The highest BCUT2D eigenvalue weighted by atomic mass is 16.3. The summed E-state index contributed by atoms with van der Waals surface area (Å²) in [5.41, 5.74) is 3.72. The third-order valence-electron chi connectivity index (χ3n) is 15.9. The number of hydrogen-bond acceptors (Lipinski definition) is 1. The molecule has 1 nitrogen and oxygen atoms in total. The van der Waals surface area contributed by atoms with E-state index in [0.29, 0.717) is 0 Å². The Hall–Kier alpha value is -1.76.